The Balaban J connectivity index is 2.01. The number of aliphatic hydroxyl groups excluding tert-OH is 1. The van der Waals surface area contributed by atoms with Crippen molar-refractivity contribution in [1.82, 2.24) is 0 Å². The van der Waals surface area contributed by atoms with Gasteiger partial charge in [-0.2, -0.15) is 0 Å². The van der Waals surface area contributed by atoms with Crippen LogP contribution in [0.1, 0.15) is 17.5 Å². The van der Waals surface area contributed by atoms with E-state index < -0.39 is 11.4 Å². The van der Waals surface area contributed by atoms with E-state index in [9.17, 15) is 15.0 Å². The molecule has 1 aromatic rings. The van der Waals surface area contributed by atoms with Gasteiger partial charge in [-0.1, -0.05) is 12.1 Å². The molecule has 0 amide bonds. The smallest absolute Gasteiger partial charge is 0.220 e. The zero-order chi connectivity index (χ0) is 14.8. The Morgan fingerprint density at radius 1 is 1.29 bits per heavy atom. The van der Waals surface area contributed by atoms with E-state index >= 15 is 0 Å². The molecular formula is C17H14O4. The molecule has 1 atom stereocenters. The van der Waals surface area contributed by atoms with E-state index in [1.54, 1.807) is 0 Å². The van der Waals surface area contributed by atoms with Crippen LogP contribution in [0.15, 0.2) is 47.3 Å². The first-order valence-electron chi connectivity index (χ1n) is 6.85. The van der Waals surface area contributed by atoms with Crippen LogP contribution >= 0.6 is 0 Å². The summed E-state index contributed by atoms with van der Waals surface area (Å²) in [6, 6.07) is 5.81. The molecule has 1 heterocycles. The van der Waals surface area contributed by atoms with Gasteiger partial charge in [-0.25, -0.2) is 0 Å². The predicted molar refractivity (Wildman–Crippen MR) is 77.0 cm³/mol. The fraction of sp³-hybridized carbons (Fsp3) is 0.235. The van der Waals surface area contributed by atoms with Crippen LogP contribution in [0.2, 0.25) is 0 Å². The van der Waals surface area contributed by atoms with Crippen molar-refractivity contribution in [3.8, 4) is 5.75 Å². The quantitative estimate of drug-likeness (QED) is 0.765. The predicted octanol–water partition coefficient (Wildman–Crippen LogP) is 2.23. The van der Waals surface area contributed by atoms with Crippen molar-refractivity contribution < 1.29 is 19.7 Å². The van der Waals surface area contributed by atoms with E-state index in [1.807, 2.05) is 25.1 Å². The van der Waals surface area contributed by atoms with Gasteiger partial charge in [0.25, 0.3) is 0 Å². The van der Waals surface area contributed by atoms with E-state index in [4.69, 9.17) is 4.74 Å². The van der Waals surface area contributed by atoms with Gasteiger partial charge in [-0.05, 0) is 41.9 Å². The summed E-state index contributed by atoms with van der Waals surface area (Å²) in [6.45, 7) is 2.13. The summed E-state index contributed by atoms with van der Waals surface area (Å²) in [5, 5.41) is 20.6. The zero-order valence-electron chi connectivity index (χ0n) is 11.5. The van der Waals surface area contributed by atoms with Crippen LogP contribution in [0, 0.1) is 6.92 Å². The first-order chi connectivity index (χ1) is 9.98. The molecule has 0 radical (unpaired) electrons. The first kappa shape index (κ1) is 12.4. The van der Waals surface area contributed by atoms with Crippen LogP contribution in [-0.4, -0.2) is 28.2 Å². The number of carbonyl (C=O) groups is 1. The molecule has 2 N–H and O–H groups in total. The number of aryl methyl sites for hydroxylation is 1. The van der Waals surface area contributed by atoms with Crippen molar-refractivity contribution in [3.05, 3.63) is 58.4 Å². The molecule has 21 heavy (non-hydrogen) atoms. The molecule has 4 heteroatoms. The summed E-state index contributed by atoms with van der Waals surface area (Å²) < 4.78 is 5.70. The molecule has 3 aliphatic rings. The Morgan fingerprint density at radius 2 is 2.10 bits per heavy atom. The molecule has 0 aromatic heterocycles. The lowest BCUT2D eigenvalue weighted by Gasteiger charge is -2.33. The second-order valence-electron chi connectivity index (χ2n) is 5.85. The van der Waals surface area contributed by atoms with E-state index in [1.165, 1.54) is 12.2 Å². The minimum absolute atomic E-state index is 0.155. The van der Waals surface area contributed by atoms with Gasteiger partial charge in [0, 0.05) is 17.6 Å². The maximum absolute atomic E-state index is 11.6. The minimum atomic E-state index is -1.13. The topological polar surface area (TPSA) is 66.8 Å². The molecule has 1 aromatic carbocycles. The maximum Gasteiger partial charge on any atom is 0.220 e. The molecule has 106 valence electrons. The number of benzene rings is 1. The van der Waals surface area contributed by atoms with Gasteiger partial charge in [0.1, 0.15) is 18.0 Å². The van der Waals surface area contributed by atoms with Gasteiger partial charge in [-0.3, -0.25) is 4.79 Å². The third-order valence-corrected chi connectivity index (χ3v) is 4.28. The third kappa shape index (κ3) is 1.63. The van der Waals surface area contributed by atoms with Gasteiger partial charge >= 0.3 is 0 Å². The number of ether oxygens (including phenoxy) is 1. The van der Waals surface area contributed by atoms with E-state index in [-0.39, 0.29) is 12.4 Å². The van der Waals surface area contributed by atoms with Gasteiger partial charge in [0.2, 0.25) is 5.78 Å². The molecule has 0 spiro atoms. The number of carbonyl (C=O) groups excluding carboxylic acids is 1. The van der Waals surface area contributed by atoms with Crippen molar-refractivity contribution in [2.75, 3.05) is 6.61 Å². The summed E-state index contributed by atoms with van der Waals surface area (Å²) >= 11 is 0. The lowest BCUT2D eigenvalue weighted by atomic mass is 9.86. The molecule has 2 aliphatic carbocycles. The normalized spacial score (nSPS) is 26.5. The first-order valence-corrected chi connectivity index (χ1v) is 6.85. The van der Waals surface area contributed by atoms with Crippen molar-refractivity contribution in [2.45, 2.75) is 18.9 Å². The summed E-state index contributed by atoms with van der Waals surface area (Å²) in [5.41, 5.74) is 3.01. The fourth-order valence-electron chi connectivity index (χ4n) is 3.32. The van der Waals surface area contributed by atoms with Crippen molar-refractivity contribution in [3.63, 3.8) is 0 Å². The van der Waals surface area contributed by atoms with Crippen LogP contribution in [0.5, 0.6) is 5.75 Å². The van der Waals surface area contributed by atoms with Crippen LogP contribution in [0.25, 0.3) is 5.57 Å². The summed E-state index contributed by atoms with van der Waals surface area (Å²) in [5.74, 6) is 0.0283. The molecule has 4 nitrogen and oxygen atoms in total. The molecule has 1 unspecified atom stereocenters. The highest BCUT2D eigenvalue weighted by atomic mass is 16.5. The van der Waals surface area contributed by atoms with Gasteiger partial charge in [-0.15, -0.1) is 0 Å². The minimum Gasteiger partial charge on any atom is -0.504 e. The maximum atomic E-state index is 11.6. The average molecular weight is 282 g/mol. The SMILES string of the molecule is Cc1ccc2c(c1)OCC1(O)CC3=CC(=O)C(O)=CC3=C21. The summed E-state index contributed by atoms with van der Waals surface area (Å²) in [6.07, 6.45) is 3.20. The van der Waals surface area contributed by atoms with Gasteiger partial charge in [0.05, 0.1) is 0 Å². The van der Waals surface area contributed by atoms with E-state index in [0.717, 1.165) is 33.6 Å². The zero-order valence-corrected chi connectivity index (χ0v) is 11.5. The Morgan fingerprint density at radius 3 is 2.90 bits per heavy atom. The largest absolute Gasteiger partial charge is 0.504 e. The molecule has 0 saturated heterocycles. The van der Waals surface area contributed by atoms with Crippen molar-refractivity contribution in [2.24, 2.45) is 0 Å². The van der Waals surface area contributed by atoms with Gasteiger partial charge < -0.3 is 14.9 Å². The second kappa shape index (κ2) is 3.86. The highest BCUT2D eigenvalue weighted by molar-refractivity contribution is 6.07. The number of rotatable bonds is 0. The molecule has 0 saturated carbocycles. The lowest BCUT2D eigenvalue weighted by molar-refractivity contribution is -0.113. The highest BCUT2D eigenvalue weighted by Crippen LogP contribution is 2.51. The number of ketones is 1. The summed E-state index contributed by atoms with van der Waals surface area (Å²) in [4.78, 5) is 11.6. The lowest BCUT2D eigenvalue weighted by Crippen LogP contribution is -2.38. The second-order valence-corrected chi connectivity index (χ2v) is 5.85. The molecule has 4 rings (SSSR count). The van der Waals surface area contributed by atoms with Crippen molar-refractivity contribution in [1.29, 1.82) is 0 Å². The number of fused-ring (bicyclic) bond motifs is 4. The third-order valence-electron chi connectivity index (χ3n) is 4.28. The molecule has 0 bridgehead atoms. The molecular weight excluding hydrogens is 268 g/mol. The van der Waals surface area contributed by atoms with Gasteiger partial charge in [0.15, 0.2) is 5.76 Å². The number of hydrogen-bond donors (Lipinski definition) is 2. The number of aliphatic hydroxyl groups is 2. The van der Waals surface area contributed by atoms with Crippen LogP contribution < -0.4 is 4.74 Å². The highest BCUT2D eigenvalue weighted by Gasteiger charge is 2.47. The fourth-order valence-corrected chi connectivity index (χ4v) is 3.32. The van der Waals surface area contributed by atoms with Crippen LogP contribution in [-0.2, 0) is 4.79 Å². The molecule has 1 aliphatic heterocycles. The van der Waals surface area contributed by atoms with Crippen LogP contribution in [0.4, 0.5) is 0 Å². The van der Waals surface area contributed by atoms with Crippen LogP contribution in [0.3, 0.4) is 0 Å². The Bertz CT molecular complexity index is 782. The Hall–Kier alpha value is -2.33. The molecule has 0 fully saturated rings. The number of hydrogen-bond acceptors (Lipinski definition) is 4. The average Bonchev–Trinajstić information content (AvgIpc) is 2.71. The van der Waals surface area contributed by atoms with E-state index in [0.29, 0.717) is 6.42 Å². The monoisotopic (exact) mass is 282 g/mol. The van der Waals surface area contributed by atoms with Crippen molar-refractivity contribution >= 4 is 11.4 Å². The number of allylic oxidation sites excluding steroid dienone is 3. The van der Waals surface area contributed by atoms with E-state index in [2.05, 4.69) is 0 Å². The Kier molecular flexibility index (Phi) is 2.28. The summed E-state index contributed by atoms with van der Waals surface area (Å²) in [7, 11) is 0. The Labute approximate surface area is 121 Å². The standard InChI is InChI=1S/C17H14O4/c1-9-2-3-11-15(4-9)21-8-17(20)7-10-5-13(18)14(19)6-12(10)16(11)17/h2-6,19-20H,7-8H2,1H3.